The number of ether oxygens (including phenoxy) is 2. The molecule has 1 aromatic carbocycles. The lowest BCUT2D eigenvalue weighted by atomic mass is 10.1. The maximum absolute atomic E-state index is 12.5. The second-order valence-electron chi connectivity index (χ2n) is 4.71. The molecule has 0 saturated carbocycles. The van der Waals surface area contributed by atoms with E-state index in [1.807, 2.05) is 4.90 Å². The van der Waals surface area contributed by atoms with Gasteiger partial charge in [0.05, 0.1) is 25.4 Å². The third-order valence-corrected chi connectivity index (χ3v) is 3.48. The van der Waals surface area contributed by atoms with Gasteiger partial charge in [-0.05, 0) is 31.0 Å². The first-order chi connectivity index (χ1) is 9.17. The van der Waals surface area contributed by atoms with E-state index in [4.69, 9.17) is 15.2 Å². The smallest absolute Gasteiger partial charge is 0.254 e. The quantitative estimate of drug-likeness (QED) is 0.838. The molecule has 1 aromatic rings. The number of nitrogens with zero attached hydrogens (tertiary/aromatic N) is 1. The average molecular weight is 264 g/mol. The van der Waals surface area contributed by atoms with Crippen LogP contribution in [0.1, 0.15) is 23.2 Å². The van der Waals surface area contributed by atoms with Crippen molar-refractivity contribution in [1.29, 1.82) is 0 Å². The molecule has 0 bridgehead atoms. The molecule has 0 unspecified atom stereocenters. The third-order valence-electron chi connectivity index (χ3n) is 3.48. The lowest BCUT2D eigenvalue weighted by Crippen LogP contribution is -2.38. The Hall–Kier alpha value is -1.75. The number of hydrogen-bond acceptors (Lipinski definition) is 4. The molecular formula is C14H20N2O3. The van der Waals surface area contributed by atoms with Crippen LogP contribution in [0.5, 0.6) is 5.75 Å². The number of nitrogens with two attached hydrogens (primary N) is 1. The lowest BCUT2D eigenvalue weighted by Gasteiger charge is -2.24. The molecule has 104 valence electrons. The Bertz CT molecular complexity index is 462. The van der Waals surface area contributed by atoms with Gasteiger partial charge < -0.3 is 20.1 Å². The fourth-order valence-electron chi connectivity index (χ4n) is 2.48. The summed E-state index contributed by atoms with van der Waals surface area (Å²) in [5.41, 5.74) is 6.90. The number of methoxy groups -OCH3 is 2. The van der Waals surface area contributed by atoms with Crippen LogP contribution >= 0.6 is 0 Å². The molecule has 0 aliphatic carbocycles. The summed E-state index contributed by atoms with van der Waals surface area (Å²) < 4.78 is 10.3. The zero-order chi connectivity index (χ0) is 13.8. The molecule has 0 spiro atoms. The van der Waals surface area contributed by atoms with Gasteiger partial charge in [0.25, 0.3) is 5.91 Å². The van der Waals surface area contributed by atoms with E-state index >= 15 is 0 Å². The number of nitrogen functional groups attached to an aromatic ring is 1. The van der Waals surface area contributed by atoms with E-state index in [9.17, 15) is 4.79 Å². The Morgan fingerprint density at radius 3 is 2.95 bits per heavy atom. The van der Waals surface area contributed by atoms with Gasteiger partial charge in [0.2, 0.25) is 0 Å². The number of hydrogen-bond donors (Lipinski definition) is 1. The van der Waals surface area contributed by atoms with Crippen LogP contribution in [0.3, 0.4) is 0 Å². The molecule has 1 fully saturated rings. The number of carbonyl (C=O) groups is 1. The highest BCUT2D eigenvalue weighted by atomic mass is 16.5. The standard InChI is InChI=1S/C14H20N2O3/c1-18-9-11-4-3-7-16(11)14(17)10-5-6-12(15)13(8-10)19-2/h5-6,8,11H,3-4,7,9,15H2,1-2H3/t11-/m0/s1. The van der Waals surface area contributed by atoms with Crippen LogP contribution in [0.2, 0.25) is 0 Å². The van der Waals surface area contributed by atoms with Gasteiger partial charge in [0.15, 0.2) is 0 Å². The van der Waals surface area contributed by atoms with Gasteiger partial charge in [-0.25, -0.2) is 0 Å². The average Bonchev–Trinajstić information content (AvgIpc) is 2.87. The van der Waals surface area contributed by atoms with Gasteiger partial charge in [-0.1, -0.05) is 0 Å². The van der Waals surface area contributed by atoms with E-state index in [0.29, 0.717) is 23.6 Å². The SMILES string of the molecule is COC[C@@H]1CCCN1C(=O)c1ccc(N)c(OC)c1. The number of amides is 1. The first-order valence-electron chi connectivity index (χ1n) is 6.40. The van der Waals surface area contributed by atoms with Crippen molar-refractivity contribution in [2.45, 2.75) is 18.9 Å². The molecule has 0 radical (unpaired) electrons. The highest BCUT2D eigenvalue weighted by molar-refractivity contribution is 5.95. The van der Waals surface area contributed by atoms with Gasteiger partial charge >= 0.3 is 0 Å². The minimum atomic E-state index is 0.0119. The monoisotopic (exact) mass is 264 g/mol. The van der Waals surface area contributed by atoms with Crippen molar-refractivity contribution < 1.29 is 14.3 Å². The first kappa shape index (κ1) is 13.7. The van der Waals surface area contributed by atoms with Crippen molar-refractivity contribution in [3.63, 3.8) is 0 Å². The minimum Gasteiger partial charge on any atom is -0.495 e. The van der Waals surface area contributed by atoms with E-state index in [-0.39, 0.29) is 11.9 Å². The number of anilines is 1. The molecule has 1 saturated heterocycles. The van der Waals surface area contributed by atoms with Crippen LogP contribution in [0.15, 0.2) is 18.2 Å². The summed E-state index contributed by atoms with van der Waals surface area (Å²) in [6.45, 7) is 1.36. The van der Waals surface area contributed by atoms with Crippen molar-refractivity contribution >= 4 is 11.6 Å². The second kappa shape index (κ2) is 5.93. The van der Waals surface area contributed by atoms with Crippen LogP contribution in [-0.4, -0.2) is 44.2 Å². The van der Waals surface area contributed by atoms with Crippen molar-refractivity contribution in [2.24, 2.45) is 0 Å². The predicted octanol–water partition coefficient (Wildman–Crippen LogP) is 1.53. The molecule has 2 N–H and O–H groups in total. The molecule has 1 amide bonds. The highest BCUT2D eigenvalue weighted by Crippen LogP contribution is 2.25. The van der Waals surface area contributed by atoms with Crippen LogP contribution in [0.25, 0.3) is 0 Å². The van der Waals surface area contributed by atoms with Crippen molar-refractivity contribution in [3.05, 3.63) is 23.8 Å². The van der Waals surface area contributed by atoms with E-state index in [1.165, 1.54) is 0 Å². The number of likely N-dealkylation sites (tertiary alicyclic amines) is 1. The van der Waals surface area contributed by atoms with Crippen molar-refractivity contribution in [3.8, 4) is 5.75 Å². The molecular weight excluding hydrogens is 244 g/mol. The molecule has 19 heavy (non-hydrogen) atoms. The van der Waals surface area contributed by atoms with Gasteiger partial charge in [0.1, 0.15) is 5.75 Å². The van der Waals surface area contributed by atoms with E-state index in [2.05, 4.69) is 0 Å². The summed E-state index contributed by atoms with van der Waals surface area (Å²) in [5, 5.41) is 0. The van der Waals surface area contributed by atoms with Gasteiger partial charge in [-0.15, -0.1) is 0 Å². The summed E-state index contributed by atoms with van der Waals surface area (Å²) in [7, 11) is 3.21. The minimum absolute atomic E-state index is 0.0119. The van der Waals surface area contributed by atoms with E-state index < -0.39 is 0 Å². The Balaban J connectivity index is 2.19. The number of benzene rings is 1. The molecule has 1 aliphatic heterocycles. The lowest BCUT2D eigenvalue weighted by molar-refractivity contribution is 0.0630. The molecule has 5 heteroatoms. The predicted molar refractivity (Wildman–Crippen MR) is 73.3 cm³/mol. The topological polar surface area (TPSA) is 64.8 Å². The van der Waals surface area contributed by atoms with Gasteiger partial charge in [0, 0.05) is 19.2 Å². The Labute approximate surface area is 113 Å². The zero-order valence-corrected chi connectivity index (χ0v) is 11.4. The van der Waals surface area contributed by atoms with E-state index in [0.717, 1.165) is 19.4 Å². The van der Waals surface area contributed by atoms with Crippen molar-refractivity contribution in [2.75, 3.05) is 33.1 Å². The summed E-state index contributed by atoms with van der Waals surface area (Å²) >= 11 is 0. The maximum Gasteiger partial charge on any atom is 0.254 e. The summed E-state index contributed by atoms with van der Waals surface area (Å²) in [4.78, 5) is 14.4. The van der Waals surface area contributed by atoms with Crippen molar-refractivity contribution in [1.82, 2.24) is 4.90 Å². The fourth-order valence-corrected chi connectivity index (χ4v) is 2.48. The fraction of sp³-hybridized carbons (Fsp3) is 0.500. The maximum atomic E-state index is 12.5. The second-order valence-corrected chi connectivity index (χ2v) is 4.71. The van der Waals surface area contributed by atoms with Crippen LogP contribution < -0.4 is 10.5 Å². The Kier molecular flexibility index (Phi) is 4.27. The molecule has 1 heterocycles. The summed E-state index contributed by atoms with van der Waals surface area (Å²) in [6.07, 6.45) is 2.01. The Morgan fingerprint density at radius 1 is 1.47 bits per heavy atom. The third kappa shape index (κ3) is 2.81. The van der Waals surface area contributed by atoms with Crippen LogP contribution in [-0.2, 0) is 4.74 Å². The largest absolute Gasteiger partial charge is 0.495 e. The summed E-state index contributed by atoms with van der Waals surface area (Å²) in [5.74, 6) is 0.547. The molecule has 1 atom stereocenters. The molecule has 1 aliphatic rings. The van der Waals surface area contributed by atoms with Gasteiger partial charge in [-0.2, -0.15) is 0 Å². The highest BCUT2D eigenvalue weighted by Gasteiger charge is 2.29. The molecule has 5 nitrogen and oxygen atoms in total. The normalized spacial score (nSPS) is 18.6. The molecule has 0 aromatic heterocycles. The Morgan fingerprint density at radius 2 is 2.26 bits per heavy atom. The first-order valence-corrected chi connectivity index (χ1v) is 6.40. The van der Waals surface area contributed by atoms with Crippen LogP contribution in [0, 0.1) is 0 Å². The summed E-state index contributed by atoms with van der Waals surface area (Å²) in [6, 6.07) is 5.30. The zero-order valence-electron chi connectivity index (χ0n) is 11.4. The van der Waals surface area contributed by atoms with Crippen LogP contribution in [0.4, 0.5) is 5.69 Å². The van der Waals surface area contributed by atoms with E-state index in [1.54, 1.807) is 32.4 Å². The number of carbonyl (C=O) groups excluding carboxylic acids is 1. The molecule has 2 rings (SSSR count). The van der Waals surface area contributed by atoms with Gasteiger partial charge in [-0.3, -0.25) is 4.79 Å². The number of rotatable bonds is 4.